The highest BCUT2D eigenvalue weighted by atomic mass is 19.4. The first-order valence-electron chi connectivity index (χ1n) is 8.07. The number of hydrogen-bond acceptors (Lipinski definition) is 3. The van der Waals surface area contributed by atoms with Crippen LogP contribution in [0.3, 0.4) is 0 Å². The highest BCUT2D eigenvalue weighted by molar-refractivity contribution is 5.66. The summed E-state index contributed by atoms with van der Waals surface area (Å²) in [5, 5.41) is 9.48. The van der Waals surface area contributed by atoms with E-state index in [0.29, 0.717) is 28.3 Å². The van der Waals surface area contributed by atoms with Crippen molar-refractivity contribution < 1.29 is 23.0 Å². The van der Waals surface area contributed by atoms with Gasteiger partial charge in [0.1, 0.15) is 11.5 Å². The fourth-order valence-electron chi connectivity index (χ4n) is 2.75. The fourth-order valence-corrected chi connectivity index (χ4v) is 2.75. The summed E-state index contributed by atoms with van der Waals surface area (Å²) < 4.78 is 43.8. The predicted octanol–water partition coefficient (Wildman–Crippen LogP) is 4.65. The molecule has 0 amide bonds. The van der Waals surface area contributed by atoms with Gasteiger partial charge in [0.05, 0.1) is 23.4 Å². The summed E-state index contributed by atoms with van der Waals surface area (Å²) >= 11 is 0. The van der Waals surface area contributed by atoms with Gasteiger partial charge in [-0.1, -0.05) is 18.2 Å². The van der Waals surface area contributed by atoms with Crippen LogP contribution in [0.15, 0.2) is 59.4 Å². The van der Waals surface area contributed by atoms with Crippen LogP contribution < -0.4 is 10.2 Å². The molecule has 0 saturated carbocycles. The Balaban J connectivity index is 1.88. The highest BCUT2D eigenvalue weighted by Crippen LogP contribution is 2.33. The smallest absolute Gasteiger partial charge is 0.416 e. The molecule has 1 aromatic heterocycles. The molecule has 0 aliphatic heterocycles. The quantitative estimate of drug-likeness (QED) is 0.698. The zero-order valence-corrected chi connectivity index (χ0v) is 14.3. The molecule has 27 heavy (non-hydrogen) atoms. The SMILES string of the molecule is Cc1cc(=O)c(-c2ccc(Oc3cccc(C(F)(F)F)c3)cc2)c(CO)[nH]1. The van der Waals surface area contributed by atoms with Crippen molar-refractivity contribution in [3.63, 3.8) is 0 Å². The van der Waals surface area contributed by atoms with Crippen LogP contribution in [0.2, 0.25) is 0 Å². The first kappa shape index (κ1) is 18.7. The van der Waals surface area contributed by atoms with Crippen LogP contribution in [-0.4, -0.2) is 10.1 Å². The Bertz CT molecular complexity index is 1010. The van der Waals surface area contributed by atoms with Gasteiger partial charge in [0.25, 0.3) is 0 Å². The van der Waals surface area contributed by atoms with E-state index in [4.69, 9.17) is 4.74 Å². The number of nitrogens with one attached hydrogen (secondary N) is 1. The van der Waals surface area contributed by atoms with Gasteiger partial charge in [-0.05, 0) is 42.8 Å². The fraction of sp³-hybridized carbons (Fsp3) is 0.150. The lowest BCUT2D eigenvalue weighted by Gasteiger charge is -2.11. The van der Waals surface area contributed by atoms with Gasteiger partial charge in [-0.15, -0.1) is 0 Å². The number of halogens is 3. The maximum absolute atomic E-state index is 12.8. The Kier molecular flexibility index (Phi) is 5.05. The highest BCUT2D eigenvalue weighted by Gasteiger charge is 2.30. The number of aromatic amines is 1. The number of aryl methyl sites for hydroxylation is 1. The van der Waals surface area contributed by atoms with E-state index in [1.807, 2.05) is 0 Å². The first-order chi connectivity index (χ1) is 12.8. The minimum Gasteiger partial charge on any atom is -0.457 e. The minimum atomic E-state index is -4.45. The standard InChI is InChI=1S/C20H16F3NO3/c1-12-9-18(26)19(17(11-25)24-12)13-5-7-15(8-6-13)27-16-4-2-3-14(10-16)20(21,22)23/h2-10,25H,11H2,1H3,(H,24,26). The van der Waals surface area contributed by atoms with Gasteiger partial charge >= 0.3 is 6.18 Å². The number of hydrogen-bond donors (Lipinski definition) is 2. The molecule has 0 aliphatic carbocycles. The van der Waals surface area contributed by atoms with Gasteiger partial charge < -0.3 is 14.8 Å². The van der Waals surface area contributed by atoms with Crippen molar-refractivity contribution in [2.24, 2.45) is 0 Å². The average molecular weight is 375 g/mol. The molecule has 0 spiro atoms. The Morgan fingerprint density at radius 2 is 1.74 bits per heavy atom. The number of H-pyrrole nitrogens is 1. The maximum atomic E-state index is 12.8. The number of pyridine rings is 1. The summed E-state index contributed by atoms with van der Waals surface area (Å²) in [6, 6.07) is 12.3. The molecule has 3 rings (SSSR count). The number of aliphatic hydroxyl groups is 1. The molecule has 0 bridgehead atoms. The summed E-state index contributed by atoms with van der Waals surface area (Å²) in [4.78, 5) is 15.2. The number of alkyl halides is 3. The summed E-state index contributed by atoms with van der Waals surface area (Å²) in [5.74, 6) is 0.383. The van der Waals surface area contributed by atoms with Crippen LogP contribution in [0.25, 0.3) is 11.1 Å². The first-order valence-corrected chi connectivity index (χ1v) is 8.07. The Morgan fingerprint density at radius 1 is 1.04 bits per heavy atom. The minimum absolute atomic E-state index is 0.0572. The zero-order chi connectivity index (χ0) is 19.6. The zero-order valence-electron chi connectivity index (χ0n) is 14.3. The van der Waals surface area contributed by atoms with Crippen LogP contribution in [0, 0.1) is 6.92 Å². The summed E-state index contributed by atoms with van der Waals surface area (Å²) in [6.07, 6.45) is -4.45. The molecule has 0 unspecified atom stereocenters. The van der Waals surface area contributed by atoms with Crippen molar-refractivity contribution in [2.45, 2.75) is 19.7 Å². The molecule has 0 saturated heterocycles. The van der Waals surface area contributed by atoms with Gasteiger partial charge in [-0.25, -0.2) is 0 Å². The average Bonchev–Trinajstić information content (AvgIpc) is 2.61. The predicted molar refractivity (Wildman–Crippen MR) is 94.7 cm³/mol. The van der Waals surface area contributed by atoms with E-state index in [9.17, 15) is 23.1 Å². The van der Waals surface area contributed by atoms with E-state index in [0.717, 1.165) is 12.1 Å². The molecule has 0 aliphatic rings. The lowest BCUT2D eigenvalue weighted by Crippen LogP contribution is -2.11. The molecule has 1 heterocycles. The third-order valence-corrected chi connectivity index (χ3v) is 3.94. The van der Waals surface area contributed by atoms with Gasteiger partial charge in [0, 0.05) is 11.8 Å². The van der Waals surface area contributed by atoms with Crippen LogP contribution in [0.1, 0.15) is 17.0 Å². The molecule has 0 fully saturated rings. The lowest BCUT2D eigenvalue weighted by atomic mass is 10.0. The molecule has 0 atom stereocenters. The van der Waals surface area contributed by atoms with Crippen molar-refractivity contribution >= 4 is 0 Å². The van der Waals surface area contributed by atoms with E-state index in [-0.39, 0.29) is 17.8 Å². The van der Waals surface area contributed by atoms with Crippen LogP contribution in [0.5, 0.6) is 11.5 Å². The molecule has 4 nitrogen and oxygen atoms in total. The third-order valence-electron chi connectivity index (χ3n) is 3.94. The van der Waals surface area contributed by atoms with Gasteiger partial charge in [0.2, 0.25) is 0 Å². The largest absolute Gasteiger partial charge is 0.457 e. The van der Waals surface area contributed by atoms with Crippen molar-refractivity contribution in [1.82, 2.24) is 4.98 Å². The number of aromatic nitrogens is 1. The van der Waals surface area contributed by atoms with E-state index < -0.39 is 11.7 Å². The summed E-state index contributed by atoms with van der Waals surface area (Å²) in [6.45, 7) is 1.39. The lowest BCUT2D eigenvalue weighted by molar-refractivity contribution is -0.137. The molecule has 0 radical (unpaired) electrons. The second kappa shape index (κ2) is 7.28. The molecule has 7 heteroatoms. The number of benzene rings is 2. The molecule has 3 aromatic rings. The van der Waals surface area contributed by atoms with Gasteiger partial charge in [0.15, 0.2) is 5.43 Å². The molecule has 2 aromatic carbocycles. The topological polar surface area (TPSA) is 62.3 Å². The second-order valence-corrected chi connectivity index (χ2v) is 5.98. The monoisotopic (exact) mass is 375 g/mol. The molecule has 140 valence electrons. The van der Waals surface area contributed by atoms with E-state index in [1.54, 1.807) is 31.2 Å². The van der Waals surface area contributed by atoms with Crippen LogP contribution >= 0.6 is 0 Å². The van der Waals surface area contributed by atoms with E-state index >= 15 is 0 Å². The van der Waals surface area contributed by atoms with E-state index in [2.05, 4.69) is 4.98 Å². The molecule has 2 N–H and O–H groups in total. The third kappa shape index (κ3) is 4.20. The van der Waals surface area contributed by atoms with Crippen molar-refractivity contribution in [1.29, 1.82) is 0 Å². The van der Waals surface area contributed by atoms with Crippen molar-refractivity contribution in [2.75, 3.05) is 0 Å². The summed E-state index contributed by atoms with van der Waals surface area (Å²) in [7, 11) is 0. The summed E-state index contributed by atoms with van der Waals surface area (Å²) in [5.41, 5.74) is 0.909. The van der Waals surface area contributed by atoms with Crippen LogP contribution in [0.4, 0.5) is 13.2 Å². The van der Waals surface area contributed by atoms with E-state index in [1.165, 1.54) is 18.2 Å². The maximum Gasteiger partial charge on any atom is 0.416 e. The normalized spacial score (nSPS) is 11.4. The molecular formula is C20H16F3NO3. The second-order valence-electron chi connectivity index (χ2n) is 5.98. The van der Waals surface area contributed by atoms with Gasteiger partial charge in [-0.3, -0.25) is 4.79 Å². The van der Waals surface area contributed by atoms with Crippen molar-refractivity contribution in [3.05, 3.63) is 81.8 Å². The number of rotatable bonds is 4. The Hall–Kier alpha value is -3.06. The Morgan fingerprint density at radius 3 is 2.37 bits per heavy atom. The number of aliphatic hydroxyl groups excluding tert-OH is 1. The van der Waals surface area contributed by atoms with Crippen molar-refractivity contribution in [3.8, 4) is 22.6 Å². The Labute approximate surface area is 152 Å². The number of ether oxygens (including phenoxy) is 1. The van der Waals surface area contributed by atoms with Crippen LogP contribution in [-0.2, 0) is 12.8 Å². The van der Waals surface area contributed by atoms with Gasteiger partial charge in [-0.2, -0.15) is 13.2 Å². The molecular weight excluding hydrogens is 359 g/mol.